The van der Waals surface area contributed by atoms with Gasteiger partial charge in [0, 0.05) is 12.7 Å². The van der Waals surface area contributed by atoms with Crippen LogP contribution in [-0.2, 0) is 4.79 Å². The standard InChI is InChI=1S/C23H27N3O5S/c1-26(22(28)19-14-31-23(29)25-19)20(15-6-10-17(30-2)11-7-15)21(27)24-16-8-12-18(13-9-16)32(3,4)5/h6-14,20H,1-5H3,(H,24,27)(H,25,29). The zero-order chi connectivity index (χ0) is 23.5. The summed E-state index contributed by atoms with van der Waals surface area (Å²) in [5.74, 6) is -1.07. The first-order chi connectivity index (χ1) is 15.1. The topological polar surface area (TPSA) is 105 Å². The Morgan fingerprint density at radius 3 is 2.19 bits per heavy atom. The van der Waals surface area contributed by atoms with E-state index in [0.29, 0.717) is 17.0 Å². The first-order valence-corrected chi connectivity index (χ1v) is 12.6. The maximum absolute atomic E-state index is 13.3. The zero-order valence-corrected chi connectivity index (χ0v) is 19.5. The Bertz CT molecular complexity index is 1140. The third-order valence-corrected chi connectivity index (χ3v) is 6.65. The smallest absolute Gasteiger partial charge is 0.416 e. The number of nitrogens with zero attached hydrogens (tertiary/aromatic N) is 1. The van der Waals surface area contributed by atoms with Crippen molar-refractivity contribution < 1.29 is 18.7 Å². The van der Waals surface area contributed by atoms with E-state index in [1.165, 1.54) is 16.8 Å². The molecule has 0 radical (unpaired) electrons. The SMILES string of the molecule is COc1ccc(C(C(=O)Nc2ccc(S(C)(C)C)cc2)N(C)C(=O)c2coc(=O)[nH]2)cc1. The lowest BCUT2D eigenvalue weighted by Crippen LogP contribution is -2.39. The number of carbonyl (C=O) groups is 2. The number of amides is 2. The van der Waals surface area contributed by atoms with Gasteiger partial charge in [-0.1, -0.05) is 12.1 Å². The van der Waals surface area contributed by atoms with Crippen LogP contribution in [-0.4, -0.2) is 54.6 Å². The summed E-state index contributed by atoms with van der Waals surface area (Å²) in [4.78, 5) is 42.3. The van der Waals surface area contributed by atoms with Crippen molar-refractivity contribution in [1.82, 2.24) is 9.88 Å². The van der Waals surface area contributed by atoms with Gasteiger partial charge in [-0.3, -0.25) is 14.6 Å². The maximum Gasteiger partial charge on any atom is 0.416 e. The molecule has 2 N–H and O–H groups in total. The lowest BCUT2D eigenvalue weighted by Gasteiger charge is -2.28. The first-order valence-electron chi connectivity index (χ1n) is 9.78. The van der Waals surface area contributed by atoms with Crippen LogP contribution < -0.4 is 15.8 Å². The Morgan fingerprint density at radius 1 is 1.06 bits per heavy atom. The predicted octanol–water partition coefficient (Wildman–Crippen LogP) is 3.48. The lowest BCUT2D eigenvalue weighted by atomic mass is 10.0. The van der Waals surface area contributed by atoms with E-state index >= 15 is 0 Å². The second kappa shape index (κ2) is 9.35. The summed E-state index contributed by atoms with van der Waals surface area (Å²) in [5, 5.41) is 2.89. The van der Waals surface area contributed by atoms with Gasteiger partial charge in [0.05, 0.1) is 7.11 Å². The zero-order valence-electron chi connectivity index (χ0n) is 18.7. The number of oxazole rings is 1. The number of aromatic nitrogens is 1. The Balaban J connectivity index is 1.91. The molecule has 9 heteroatoms. The third-order valence-electron chi connectivity index (χ3n) is 4.97. The molecule has 0 saturated carbocycles. The van der Waals surface area contributed by atoms with Crippen molar-refractivity contribution in [2.45, 2.75) is 10.9 Å². The van der Waals surface area contributed by atoms with Gasteiger partial charge in [-0.2, -0.15) is 0 Å². The molecule has 3 aromatic rings. The summed E-state index contributed by atoms with van der Waals surface area (Å²) in [5.41, 5.74) is 1.17. The molecule has 3 rings (SSSR count). The highest BCUT2D eigenvalue weighted by molar-refractivity contribution is 8.32. The summed E-state index contributed by atoms with van der Waals surface area (Å²) < 4.78 is 9.86. The number of anilines is 1. The van der Waals surface area contributed by atoms with E-state index in [2.05, 4.69) is 33.5 Å². The summed E-state index contributed by atoms with van der Waals surface area (Å²) >= 11 is 0. The number of H-pyrrole nitrogens is 1. The van der Waals surface area contributed by atoms with Crippen molar-refractivity contribution >= 4 is 27.5 Å². The molecule has 1 atom stereocenters. The monoisotopic (exact) mass is 457 g/mol. The fraction of sp³-hybridized carbons (Fsp3) is 0.261. The van der Waals surface area contributed by atoms with Crippen LogP contribution in [0.15, 0.2) is 68.9 Å². The molecule has 0 aliphatic rings. The van der Waals surface area contributed by atoms with E-state index in [9.17, 15) is 14.4 Å². The molecular weight excluding hydrogens is 430 g/mol. The first kappa shape index (κ1) is 23.2. The van der Waals surface area contributed by atoms with Crippen LogP contribution in [0, 0.1) is 0 Å². The van der Waals surface area contributed by atoms with Gasteiger partial charge in [0.2, 0.25) is 0 Å². The van der Waals surface area contributed by atoms with Gasteiger partial charge in [-0.15, -0.1) is 0 Å². The highest BCUT2D eigenvalue weighted by Crippen LogP contribution is 2.45. The second-order valence-corrected chi connectivity index (χ2v) is 12.1. The van der Waals surface area contributed by atoms with Crippen LogP contribution in [0.25, 0.3) is 0 Å². The van der Waals surface area contributed by atoms with Crippen LogP contribution in [0.2, 0.25) is 0 Å². The Hall–Kier alpha value is -3.46. The summed E-state index contributed by atoms with van der Waals surface area (Å²) in [7, 11) is 2.16. The summed E-state index contributed by atoms with van der Waals surface area (Å²) in [6, 6.07) is 13.6. The number of methoxy groups -OCH3 is 1. The van der Waals surface area contributed by atoms with Crippen molar-refractivity contribution in [3.05, 3.63) is 76.6 Å². The van der Waals surface area contributed by atoms with Crippen molar-refractivity contribution in [1.29, 1.82) is 0 Å². The number of nitrogens with one attached hydrogen (secondary N) is 2. The van der Waals surface area contributed by atoms with Gasteiger partial charge in [0.25, 0.3) is 11.8 Å². The second-order valence-electron chi connectivity index (χ2n) is 8.00. The average Bonchev–Trinajstić information content (AvgIpc) is 3.19. The number of hydrogen-bond donors (Lipinski definition) is 2. The molecule has 0 fully saturated rings. The molecular formula is C23H27N3O5S. The molecule has 8 nitrogen and oxygen atoms in total. The highest BCUT2D eigenvalue weighted by atomic mass is 32.3. The molecule has 1 aromatic heterocycles. The number of benzene rings is 2. The number of likely N-dealkylation sites (N-methyl/N-ethyl adjacent to an activating group) is 1. The quantitative estimate of drug-likeness (QED) is 0.565. The average molecular weight is 458 g/mol. The fourth-order valence-corrected chi connectivity index (χ4v) is 4.14. The summed E-state index contributed by atoms with van der Waals surface area (Å²) in [6.45, 7) is 0. The summed E-state index contributed by atoms with van der Waals surface area (Å²) in [6.07, 6.45) is 7.63. The molecule has 2 aromatic carbocycles. The number of ether oxygens (including phenoxy) is 1. The predicted molar refractivity (Wildman–Crippen MR) is 126 cm³/mol. The molecule has 0 saturated heterocycles. The minimum atomic E-state index is -0.959. The largest absolute Gasteiger partial charge is 0.497 e. The molecule has 0 spiro atoms. The minimum absolute atomic E-state index is 0.0404. The molecule has 0 bridgehead atoms. The van der Waals surface area contributed by atoms with Gasteiger partial charge in [-0.05, 0) is 65.6 Å². The highest BCUT2D eigenvalue weighted by Gasteiger charge is 2.30. The van der Waals surface area contributed by atoms with Crippen molar-refractivity contribution in [3.63, 3.8) is 0 Å². The molecule has 170 valence electrons. The number of aromatic amines is 1. The van der Waals surface area contributed by atoms with Crippen molar-refractivity contribution in [3.8, 4) is 5.75 Å². The van der Waals surface area contributed by atoms with E-state index in [4.69, 9.17) is 4.74 Å². The van der Waals surface area contributed by atoms with Crippen LogP contribution in [0.4, 0.5) is 5.69 Å². The molecule has 32 heavy (non-hydrogen) atoms. The van der Waals surface area contributed by atoms with E-state index in [0.717, 1.165) is 6.26 Å². The maximum atomic E-state index is 13.3. The van der Waals surface area contributed by atoms with Crippen LogP contribution in [0.3, 0.4) is 0 Å². The molecule has 1 unspecified atom stereocenters. The lowest BCUT2D eigenvalue weighted by molar-refractivity contribution is -0.120. The molecule has 2 amide bonds. The number of hydrogen-bond acceptors (Lipinski definition) is 5. The van der Waals surface area contributed by atoms with Crippen molar-refractivity contribution in [2.24, 2.45) is 0 Å². The van der Waals surface area contributed by atoms with Crippen LogP contribution in [0.5, 0.6) is 5.75 Å². The molecule has 1 heterocycles. The Labute approximate surface area is 187 Å². The Kier molecular flexibility index (Phi) is 6.78. The third kappa shape index (κ3) is 5.23. The molecule has 0 aliphatic heterocycles. The van der Waals surface area contributed by atoms with Gasteiger partial charge in [-0.25, -0.2) is 14.8 Å². The van der Waals surface area contributed by atoms with Crippen LogP contribution in [0.1, 0.15) is 22.1 Å². The van der Waals surface area contributed by atoms with Gasteiger partial charge >= 0.3 is 5.76 Å². The fourth-order valence-electron chi connectivity index (χ4n) is 3.19. The van der Waals surface area contributed by atoms with E-state index in [1.807, 2.05) is 24.3 Å². The van der Waals surface area contributed by atoms with E-state index in [-0.39, 0.29) is 5.69 Å². The van der Waals surface area contributed by atoms with Crippen molar-refractivity contribution in [2.75, 3.05) is 38.2 Å². The molecule has 0 aliphatic carbocycles. The van der Waals surface area contributed by atoms with E-state index < -0.39 is 33.6 Å². The van der Waals surface area contributed by atoms with Crippen LogP contribution >= 0.6 is 10.0 Å². The minimum Gasteiger partial charge on any atom is -0.497 e. The Morgan fingerprint density at radius 2 is 1.69 bits per heavy atom. The van der Waals surface area contributed by atoms with E-state index in [1.54, 1.807) is 31.4 Å². The normalized spacial score (nSPS) is 12.7. The van der Waals surface area contributed by atoms with Gasteiger partial charge in [0.1, 0.15) is 23.7 Å². The van der Waals surface area contributed by atoms with Gasteiger partial charge in [0.15, 0.2) is 0 Å². The van der Waals surface area contributed by atoms with Gasteiger partial charge < -0.3 is 19.4 Å². The number of rotatable bonds is 7. The number of carbonyl (C=O) groups excluding carboxylic acids is 2.